The van der Waals surface area contributed by atoms with E-state index in [1.54, 1.807) is 37.3 Å². The molecule has 0 spiro atoms. The van der Waals surface area contributed by atoms with E-state index in [1.165, 1.54) is 10.4 Å². The van der Waals surface area contributed by atoms with Crippen LogP contribution in [0.25, 0.3) is 0 Å². The van der Waals surface area contributed by atoms with Crippen LogP contribution in [0.1, 0.15) is 12.0 Å². The molecule has 144 valence electrons. The summed E-state index contributed by atoms with van der Waals surface area (Å²) in [5.41, 5.74) is 1.64. The van der Waals surface area contributed by atoms with Crippen LogP contribution in [-0.4, -0.2) is 33.2 Å². The quantitative estimate of drug-likeness (QED) is 0.804. The van der Waals surface area contributed by atoms with Gasteiger partial charge in [0, 0.05) is 28.7 Å². The van der Waals surface area contributed by atoms with Gasteiger partial charge in [-0.1, -0.05) is 29.3 Å². The predicted octanol–water partition coefficient (Wildman–Crippen LogP) is 3.86. The minimum absolute atomic E-state index is 0.0960. The van der Waals surface area contributed by atoms with Crippen LogP contribution in [0, 0.1) is 6.92 Å². The summed E-state index contributed by atoms with van der Waals surface area (Å²) >= 11 is 12.1. The molecule has 2 aromatic carbocycles. The largest absolute Gasteiger partial charge is 0.478 e. The third-order valence-corrected chi connectivity index (χ3v) is 6.10. The van der Waals surface area contributed by atoms with Crippen molar-refractivity contribution in [2.24, 2.45) is 0 Å². The Morgan fingerprint density at radius 3 is 2.70 bits per heavy atom. The zero-order valence-corrected chi connectivity index (χ0v) is 17.0. The number of sulfonamides is 1. The van der Waals surface area contributed by atoms with Gasteiger partial charge in [-0.3, -0.25) is 9.10 Å². The molecule has 1 unspecified atom stereocenters. The maximum absolute atomic E-state index is 12.7. The van der Waals surface area contributed by atoms with Crippen LogP contribution in [0.2, 0.25) is 10.0 Å². The molecule has 0 aromatic heterocycles. The standard InChI is InChI=1S/C18H18Cl2N2O4S/c1-11-13(20)4-3-5-14(11)21-18(23)17-8-9-22(27(2,24)25)15-10-12(19)6-7-16(15)26-17/h3-7,10,17H,8-9H2,1-2H3,(H,21,23). The number of carbonyl (C=O) groups excluding carboxylic acids is 1. The van der Waals surface area contributed by atoms with E-state index >= 15 is 0 Å². The van der Waals surface area contributed by atoms with Gasteiger partial charge in [0.15, 0.2) is 6.10 Å². The summed E-state index contributed by atoms with van der Waals surface area (Å²) in [6.07, 6.45) is 0.424. The molecule has 1 amide bonds. The number of halogens is 2. The van der Waals surface area contributed by atoms with E-state index in [2.05, 4.69) is 5.32 Å². The Bertz CT molecular complexity index is 995. The number of hydrogen-bond acceptors (Lipinski definition) is 4. The topological polar surface area (TPSA) is 75.7 Å². The van der Waals surface area contributed by atoms with Crippen LogP contribution in [0.5, 0.6) is 5.75 Å². The van der Waals surface area contributed by atoms with Gasteiger partial charge in [0.25, 0.3) is 5.91 Å². The Morgan fingerprint density at radius 2 is 2.00 bits per heavy atom. The lowest BCUT2D eigenvalue weighted by Crippen LogP contribution is -2.36. The highest BCUT2D eigenvalue weighted by molar-refractivity contribution is 7.92. The Morgan fingerprint density at radius 1 is 1.26 bits per heavy atom. The van der Waals surface area contributed by atoms with E-state index in [9.17, 15) is 13.2 Å². The molecule has 1 atom stereocenters. The molecule has 0 radical (unpaired) electrons. The molecule has 6 nitrogen and oxygen atoms in total. The smallest absolute Gasteiger partial charge is 0.265 e. The average Bonchev–Trinajstić information content (AvgIpc) is 2.78. The first-order chi connectivity index (χ1) is 12.7. The number of fused-ring (bicyclic) bond motifs is 1. The first-order valence-electron chi connectivity index (χ1n) is 8.16. The SMILES string of the molecule is Cc1c(Cl)cccc1NC(=O)C1CCN(S(C)(=O)=O)c2cc(Cl)ccc2O1. The molecule has 1 N–H and O–H groups in total. The number of nitrogens with one attached hydrogen (secondary N) is 1. The minimum atomic E-state index is -3.55. The number of rotatable bonds is 3. The molecule has 3 rings (SSSR count). The second-order valence-corrected chi connectivity index (χ2v) is 8.99. The Labute approximate surface area is 168 Å². The molecule has 27 heavy (non-hydrogen) atoms. The van der Waals surface area contributed by atoms with Gasteiger partial charge in [0.1, 0.15) is 5.75 Å². The maximum atomic E-state index is 12.7. The van der Waals surface area contributed by atoms with Crippen molar-refractivity contribution >= 4 is 50.5 Å². The molecule has 0 fully saturated rings. The highest BCUT2D eigenvalue weighted by Crippen LogP contribution is 2.36. The molecule has 1 heterocycles. The number of amides is 1. The van der Waals surface area contributed by atoms with Gasteiger partial charge in [-0.25, -0.2) is 8.42 Å². The van der Waals surface area contributed by atoms with Crippen molar-refractivity contribution in [1.82, 2.24) is 0 Å². The summed E-state index contributed by atoms with van der Waals surface area (Å²) in [6.45, 7) is 1.90. The summed E-state index contributed by atoms with van der Waals surface area (Å²) in [4.78, 5) is 12.7. The van der Waals surface area contributed by atoms with Crippen LogP contribution in [0.3, 0.4) is 0 Å². The van der Waals surface area contributed by atoms with Crippen LogP contribution < -0.4 is 14.4 Å². The average molecular weight is 429 g/mol. The van der Waals surface area contributed by atoms with Gasteiger partial charge >= 0.3 is 0 Å². The Hall–Kier alpha value is -1.96. The van der Waals surface area contributed by atoms with Crippen molar-refractivity contribution in [3.63, 3.8) is 0 Å². The zero-order valence-electron chi connectivity index (χ0n) is 14.7. The predicted molar refractivity (Wildman–Crippen MR) is 107 cm³/mol. The third-order valence-electron chi connectivity index (χ3n) is 4.27. The van der Waals surface area contributed by atoms with Gasteiger partial charge in [0.05, 0.1) is 11.9 Å². The summed E-state index contributed by atoms with van der Waals surface area (Å²) in [5.74, 6) is -0.0955. The van der Waals surface area contributed by atoms with Gasteiger partial charge in [-0.2, -0.15) is 0 Å². The number of anilines is 2. The number of hydrogen-bond donors (Lipinski definition) is 1. The molecule has 9 heteroatoms. The number of ether oxygens (including phenoxy) is 1. The monoisotopic (exact) mass is 428 g/mol. The molecule has 0 saturated carbocycles. The van der Waals surface area contributed by atoms with Crippen molar-refractivity contribution in [2.75, 3.05) is 22.4 Å². The normalized spacial score (nSPS) is 16.9. The second kappa shape index (κ2) is 7.58. The van der Waals surface area contributed by atoms with E-state index in [0.29, 0.717) is 21.4 Å². The maximum Gasteiger partial charge on any atom is 0.265 e. The van der Waals surface area contributed by atoms with Crippen LogP contribution in [0.15, 0.2) is 36.4 Å². The zero-order chi connectivity index (χ0) is 19.8. The highest BCUT2D eigenvalue weighted by atomic mass is 35.5. The molecule has 1 aliphatic heterocycles. The van der Waals surface area contributed by atoms with Gasteiger partial charge in [-0.05, 0) is 42.8 Å². The Balaban J connectivity index is 1.90. The number of benzene rings is 2. The van der Waals surface area contributed by atoms with Crippen LogP contribution in [0.4, 0.5) is 11.4 Å². The number of carbonyl (C=O) groups is 1. The van der Waals surface area contributed by atoms with Crippen LogP contribution >= 0.6 is 23.2 Å². The fourth-order valence-corrected chi connectivity index (χ4v) is 4.12. The molecular formula is C18H18Cl2N2O4S. The van der Waals surface area contributed by atoms with Gasteiger partial charge in [-0.15, -0.1) is 0 Å². The fourth-order valence-electron chi connectivity index (χ4n) is 2.84. The van der Waals surface area contributed by atoms with Crippen molar-refractivity contribution in [3.8, 4) is 5.75 Å². The first-order valence-corrected chi connectivity index (χ1v) is 10.8. The van der Waals surface area contributed by atoms with Crippen molar-refractivity contribution in [2.45, 2.75) is 19.4 Å². The van der Waals surface area contributed by atoms with E-state index in [-0.39, 0.29) is 24.6 Å². The molecular weight excluding hydrogens is 411 g/mol. The lowest BCUT2D eigenvalue weighted by Gasteiger charge is -2.21. The highest BCUT2D eigenvalue weighted by Gasteiger charge is 2.31. The van der Waals surface area contributed by atoms with Crippen molar-refractivity contribution in [3.05, 3.63) is 52.0 Å². The van der Waals surface area contributed by atoms with E-state index in [4.69, 9.17) is 27.9 Å². The summed E-state index contributed by atoms with van der Waals surface area (Å²) in [5, 5.41) is 3.72. The van der Waals surface area contributed by atoms with Gasteiger partial charge < -0.3 is 10.1 Å². The molecule has 0 bridgehead atoms. The summed E-state index contributed by atoms with van der Waals surface area (Å²) in [6, 6.07) is 9.88. The summed E-state index contributed by atoms with van der Waals surface area (Å²) < 4.78 is 31.4. The van der Waals surface area contributed by atoms with E-state index in [0.717, 1.165) is 11.8 Å². The Kier molecular flexibility index (Phi) is 5.55. The fraction of sp³-hybridized carbons (Fsp3) is 0.278. The lowest BCUT2D eigenvalue weighted by atomic mass is 10.1. The van der Waals surface area contributed by atoms with Crippen molar-refractivity contribution < 1.29 is 17.9 Å². The van der Waals surface area contributed by atoms with Crippen LogP contribution in [-0.2, 0) is 14.8 Å². The molecule has 2 aromatic rings. The van der Waals surface area contributed by atoms with Gasteiger partial charge in [0.2, 0.25) is 10.0 Å². The second-order valence-electron chi connectivity index (χ2n) is 6.24. The van der Waals surface area contributed by atoms with E-state index in [1.807, 2.05) is 0 Å². The lowest BCUT2D eigenvalue weighted by molar-refractivity contribution is -0.122. The first kappa shape index (κ1) is 19.8. The molecule has 0 saturated heterocycles. The number of nitrogens with zero attached hydrogens (tertiary/aromatic N) is 1. The summed E-state index contributed by atoms with van der Waals surface area (Å²) in [7, 11) is -3.55. The molecule has 1 aliphatic rings. The molecule has 0 aliphatic carbocycles. The third kappa shape index (κ3) is 4.31. The van der Waals surface area contributed by atoms with Crippen molar-refractivity contribution in [1.29, 1.82) is 0 Å². The van der Waals surface area contributed by atoms with E-state index < -0.39 is 16.1 Å². The minimum Gasteiger partial charge on any atom is -0.478 e.